The highest BCUT2D eigenvalue weighted by Gasteiger charge is 2.39. The van der Waals surface area contributed by atoms with E-state index < -0.39 is 14.6 Å². The van der Waals surface area contributed by atoms with Gasteiger partial charge in [0.05, 0.1) is 17.1 Å². The van der Waals surface area contributed by atoms with Crippen molar-refractivity contribution in [1.29, 1.82) is 0 Å². The van der Waals surface area contributed by atoms with Crippen LogP contribution in [0.5, 0.6) is 0 Å². The molecule has 3 nitrogen and oxygen atoms in total. The zero-order valence-corrected chi connectivity index (χ0v) is 10.9. The summed E-state index contributed by atoms with van der Waals surface area (Å²) in [6, 6.07) is 0. The third-order valence-corrected chi connectivity index (χ3v) is 6.66. The zero-order chi connectivity index (χ0) is 11.7. The molecule has 1 fully saturated rings. The van der Waals surface area contributed by atoms with Crippen molar-refractivity contribution < 1.29 is 13.2 Å². The van der Waals surface area contributed by atoms with Gasteiger partial charge in [-0.3, -0.25) is 0 Å². The molecule has 0 radical (unpaired) electrons. The first-order valence-electron chi connectivity index (χ1n) is 5.57. The third-order valence-electron chi connectivity index (χ3n) is 3.67. The Bertz CT molecular complexity index is 298. The molecule has 1 atom stereocenters. The van der Waals surface area contributed by atoms with Crippen molar-refractivity contribution in [2.45, 2.75) is 38.9 Å². The number of ether oxygens (including phenoxy) is 1. The van der Waals surface area contributed by atoms with Crippen LogP contribution in [0.3, 0.4) is 0 Å². The van der Waals surface area contributed by atoms with Gasteiger partial charge in [-0.2, -0.15) is 0 Å². The molecule has 15 heavy (non-hydrogen) atoms. The minimum absolute atomic E-state index is 0.143. The van der Waals surface area contributed by atoms with E-state index in [0.29, 0.717) is 13.2 Å². The van der Waals surface area contributed by atoms with Gasteiger partial charge in [-0.15, -0.1) is 0 Å². The van der Waals surface area contributed by atoms with Crippen molar-refractivity contribution in [2.24, 2.45) is 11.8 Å². The van der Waals surface area contributed by atoms with Gasteiger partial charge in [0.25, 0.3) is 0 Å². The molecule has 1 saturated heterocycles. The number of hydrogen-bond acceptors (Lipinski definition) is 3. The second kappa shape index (κ2) is 4.42. The summed E-state index contributed by atoms with van der Waals surface area (Å²) in [5.74, 6) is 0.621. The van der Waals surface area contributed by atoms with Crippen molar-refractivity contribution in [3.05, 3.63) is 0 Å². The van der Waals surface area contributed by atoms with Gasteiger partial charge in [0.2, 0.25) is 0 Å². The van der Waals surface area contributed by atoms with Crippen LogP contribution in [-0.4, -0.2) is 32.1 Å². The van der Waals surface area contributed by atoms with Crippen LogP contribution in [0.15, 0.2) is 0 Å². The monoisotopic (exact) mass is 234 g/mol. The van der Waals surface area contributed by atoms with Crippen LogP contribution in [0.25, 0.3) is 0 Å². The van der Waals surface area contributed by atoms with E-state index in [2.05, 4.69) is 0 Å². The Morgan fingerprint density at radius 3 is 2.40 bits per heavy atom. The average Bonchev–Trinajstić information content (AvgIpc) is 2.55. The summed E-state index contributed by atoms with van der Waals surface area (Å²) in [6.45, 7) is 8.88. The lowest BCUT2D eigenvalue weighted by atomic mass is 10.00. The quantitative estimate of drug-likeness (QED) is 0.746. The van der Waals surface area contributed by atoms with Crippen molar-refractivity contribution in [3.63, 3.8) is 0 Å². The van der Waals surface area contributed by atoms with Crippen molar-refractivity contribution >= 4 is 9.84 Å². The molecule has 1 aliphatic rings. The molecular formula is C11H22O3S. The lowest BCUT2D eigenvalue weighted by molar-refractivity contribution is 0.188. The second-order valence-electron chi connectivity index (χ2n) is 5.27. The predicted molar refractivity (Wildman–Crippen MR) is 61.6 cm³/mol. The Labute approximate surface area is 93.1 Å². The van der Waals surface area contributed by atoms with E-state index in [0.717, 1.165) is 6.42 Å². The van der Waals surface area contributed by atoms with Crippen molar-refractivity contribution in [3.8, 4) is 0 Å². The van der Waals surface area contributed by atoms with E-state index in [-0.39, 0.29) is 17.6 Å². The lowest BCUT2D eigenvalue weighted by Gasteiger charge is -2.30. The normalized spacial score (nSPS) is 23.7. The van der Waals surface area contributed by atoms with Crippen LogP contribution in [0.1, 0.15) is 34.1 Å². The van der Waals surface area contributed by atoms with Gasteiger partial charge in [0, 0.05) is 6.61 Å². The zero-order valence-electron chi connectivity index (χ0n) is 10.1. The standard InChI is InChI=1S/C11H22O3S/c1-9(2)11(3,4)15(12,13)8-10-5-6-14-7-10/h9-10H,5-8H2,1-4H3. The molecule has 1 heterocycles. The summed E-state index contributed by atoms with van der Waals surface area (Å²) < 4.78 is 29.0. The van der Waals surface area contributed by atoms with E-state index in [1.165, 1.54) is 0 Å². The van der Waals surface area contributed by atoms with E-state index in [9.17, 15) is 8.42 Å². The van der Waals surface area contributed by atoms with E-state index >= 15 is 0 Å². The van der Waals surface area contributed by atoms with E-state index in [1.807, 2.05) is 27.7 Å². The summed E-state index contributed by atoms with van der Waals surface area (Å²) in [6.07, 6.45) is 0.882. The van der Waals surface area contributed by atoms with Crippen LogP contribution < -0.4 is 0 Å². The second-order valence-corrected chi connectivity index (χ2v) is 7.88. The third kappa shape index (κ3) is 2.72. The van der Waals surface area contributed by atoms with Gasteiger partial charge in [-0.25, -0.2) is 8.42 Å². The molecular weight excluding hydrogens is 212 g/mol. The van der Waals surface area contributed by atoms with E-state index in [1.54, 1.807) is 0 Å². The fourth-order valence-corrected chi connectivity index (χ4v) is 3.63. The highest BCUT2D eigenvalue weighted by atomic mass is 32.2. The molecule has 0 aliphatic carbocycles. The maximum Gasteiger partial charge on any atom is 0.156 e. The summed E-state index contributed by atoms with van der Waals surface area (Å²) >= 11 is 0. The fraction of sp³-hybridized carbons (Fsp3) is 1.00. The largest absolute Gasteiger partial charge is 0.381 e. The fourth-order valence-electron chi connectivity index (χ4n) is 1.60. The van der Waals surface area contributed by atoms with Gasteiger partial charge >= 0.3 is 0 Å². The topological polar surface area (TPSA) is 43.4 Å². The average molecular weight is 234 g/mol. The molecule has 0 amide bonds. The smallest absolute Gasteiger partial charge is 0.156 e. The minimum atomic E-state index is -3.02. The maximum atomic E-state index is 12.2. The Kier molecular flexibility index (Phi) is 3.82. The van der Waals surface area contributed by atoms with Crippen molar-refractivity contribution in [1.82, 2.24) is 0 Å². The Morgan fingerprint density at radius 2 is 2.00 bits per heavy atom. The maximum absolute atomic E-state index is 12.2. The van der Waals surface area contributed by atoms with Gasteiger partial charge < -0.3 is 4.74 Å². The first kappa shape index (κ1) is 13.0. The minimum Gasteiger partial charge on any atom is -0.381 e. The van der Waals surface area contributed by atoms with E-state index in [4.69, 9.17) is 4.74 Å². The number of hydrogen-bond donors (Lipinski definition) is 0. The summed E-state index contributed by atoms with van der Waals surface area (Å²) in [5, 5.41) is 0. The van der Waals surface area contributed by atoms with Crippen LogP contribution >= 0.6 is 0 Å². The first-order valence-corrected chi connectivity index (χ1v) is 7.22. The Hall–Kier alpha value is -0.0900. The summed E-state index contributed by atoms with van der Waals surface area (Å²) in [4.78, 5) is 0. The van der Waals surface area contributed by atoms with Crippen LogP contribution in [-0.2, 0) is 14.6 Å². The molecule has 0 aromatic heterocycles. The molecule has 0 spiro atoms. The number of sulfone groups is 1. The van der Waals surface area contributed by atoms with Crippen LogP contribution in [0.2, 0.25) is 0 Å². The first-order chi connectivity index (χ1) is 6.77. The number of rotatable bonds is 4. The van der Waals surface area contributed by atoms with Gasteiger partial charge in [0.1, 0.15) is 0 Å². The molecule has 0 N–H and O–H groups in total. The molecule has 0 saturated carbocycles. The molecule has 1 rings (SSSR count). The molecule has 1 aliphatic heterocycles. The molecule has 4 heteroatoms. The molecule has 0 bridgehead atoms. The lowest BCUT2D eigenvalue weighted by Crippen LogP contribution is -2.40. The van der Waals surface area contributed by atoms with Crippen molar-refractivity contribution in [2.75, 3.05) is 19.0 Å². The summed E-state index contributed by atoms with van der Waals surface area (Å²) in [5.41, 5.74) is 0. The van der Waals surface area contributed by atoms with Gasteiger partial charge in [-0.05, 0) is 32.1 Å². The molecule has 0 aromatic carbocycles. The molecule has 1 unspecified atom stereocenters. The van der Waals surface area contributed by atoms with Crippen LogP contribution in [0.4, 0.5) is 0 Å². The highest BCUT2D eigenvalue weighted by molar-refractivity contribution is 7.92. The Morgan fingerprint density at radius 1 is 1.40 bits per heavy atom. The molecule has 90 valence electrons. The predicted octanol–water partition coefficient (Wildman–Crippen LogP) is 1.87. The van der Waals surface area contributed by atoms with Crippen LogP contribution in [0, 0.1) is 11.8 Å². The summed E-state index contributed by atoms with van der Waals surface area (Å²) in [7, 11) is -3.02. The molecule has 0 aromatic rings. The SMILES string of the molecule is CC(C)C(C)(C)S(=O)(=O)CC1CCOC1. The van der Waals surface area contributed by atoms with Gasteiger partial charge in [-0.1, -0.05) is 13.8 Å². The Balaban J connectivity index is 2.73. The highest BCUT2D eigenvalue weighted by Crippen LogP contribution is 2.29. The van der Waals surface area contributed by atoms with Gasteiger partial charge in [0.15, 0.2) is 9.84 Å².